The van der Waals surface area contributed by atoms with E-state index in [4.69, 9.17) is 10.7 Å². The van der Waals surface area contributed by atoms with Crippen LogP contribution in [0.2, 0.25) is 0 Å². The second-order valence-electron chi connectivity index (χ2n) is 2.62. The first-order chi connectivity index (χ1) is 4.34. The summed E-state index contributed by atoms with van der Waals surface area (Å²) in [5.74, 6) is 0.304. The predicted octanol–water partition coefficient (Wildman–Crippen LogP) is 1.06. The fourth-order valence-corrected chi connectivity index (χ4v) is 1.25. The Morgan fingerprint density at radius 2 is 1.90 bits per heavy atom. The predicted molar refractivity (Wildman–Crippen MR) is 42.2 cm³/mol. The molecule has 0 spiro atoms. The molecular weight excluding hydrogens is 174 g/mol. The van der Waals surface area contributed by atoms with Crippen molar-refractivity contribution in [1.29, 1.82) is 0 Å². The molecule has 10 heavy (non-hydrogen) atoms. The Kier molecular flexibility index (Phi) is 3.62. The van der Waals surface area contributed by atoms with E-state index in [9.17, 15) is 8.42 Å². The molecule has 0 heterocycles. The zero-order valence-electron chi connectivity index (χ0n) is 6.33. The molecule has 0 aromatic carbocycles. The van der Waals surface area contributed by atoms with Crippen LogP contribution >= 0.6 is 10.7 Å². The zero-order valence-corrected chi connectivity index (χ0v) is 7.91. The molecule has 0 aliphatic carbocycles. The van der Waals surface area contributed by atoms with Crippen molar-refractivity contribution in [2.75, 3.05) is 13.6 Å². The van der Waals surface area contributed by atoms with Gasteiger partial charge in [0.2, 0.25) is 0 Å². The van der Waals surface area contributed by atoms with E-state index in [1.54, 1.807) is 0 Å². The van der Waals surface area contributed by atoms with Crippen molar-refractivity contribution >= 4 is 19.9 Å². The standard InChI is InChI=1S/C5H12ClNO2S/c1-5(2)4-7(3)10(6,8)9/h5H,4H2,1-3H3. The van der Waals surface area contributed by atoms with Crippen LogP contribution in [0.25, 0.3) is 0 Å². The molecule has 0 aliphatic heterocycles. The van der Waals surface area contributed by atoms with Crippen molar-refractivity contribution in [3.63, 3.8) is 0 Å². The minimum absolute atomic E-state index is 0.304. The van der Waals surface area contributed by atoms with Gasteiger partial charge >= 0.3 is 0 Å². The largest absolute Gasteiger partial charge is 0.299 e. The van der Waals surface area contributed by atoms with Gasteiger partial charge in [-0.05, 0) is 5.92 Å². The molecule has 3 nitrogen and oxygen atoms in total. The lowest BCUT2D eigenvalue weighted by Crippen LogP contribution is -2.26. The van der Waals surface area contributed by atoms with E-state index in [1.165, 1.54) is 7.05 Å². The molecule has 0 N–H and O–H groups in total. The second-order valence-corrected chi connectivity index (χ2v) is 5.23. The van der Waals surface area contributed by atoms with Crippen molar-refractivity contribution in [2.24, 2.45) is 5.92 Å². The van der Waals surface area contributed by atoms with Gasteiger partial charge in [-0.2, -0.15) is 12.7 Å². The minimum atomic E-state index is -3.49. The van der Waals surface area contributed by atoms with Crippen LogP contribution in [0.5, 0.6) is 0 Å². The molecule has 0 saturated carbocycles. The Bertz CT molecular complexity index is 188. The number of hydrogen-bond acceptors (Lipinski definition) is 2. The van der Waals surface area contributed by atoms with Gasteiger partial charge < -0.3 is 0 Å². The Morgan fingerprint density at radius 3 is 2.00 bits per heavy atom. The zero-order chi connectivity index (χ0) is 8.36. The summed E-state index contributed by atoms with van der Waals surface area (Å²) in [6.45, 7) is 4.32. The summed E-state index contributed by atoms with van der Waals surface area (Å²) in [4.78, 5) is 0. The molecule has 0 aliphatic rings. The van der Waals surface area contributed by atoms with Crippen molar-refractivity contribution in [1.82, 2.24) is 4.31 Å². The van der Waals surface area contributed by atoms with Crippen LogP contribution in [0.4, 0.5) is 0 Å². The van der Waals surface area contributed by atoms with Gasteiger partial charge in [-0.15, -0.1) is 0 Å². The maximum atomic E-state index is 10.6. The van der Waals surface area contributed by atoms with E-state index in [2.05, 4.69) is 0 Å². The van der Waals surface area contributed by atoms with E-state index in [-0.39, 0.29) is 0 Å². The third kappa shape index (κ3) is 4.09. The van der Waals surface area contributed by atoms with Gasteiger partial charge in [0.05, 0.1) is 0 Å². The molecule has 0 aromatic heterocycles. The number of rotatable bonds is 3. The number of nitrogens with zero attached hydrogens (tertiary/aromatic N) is 1. The molecule has 0 fully saturated rings. The second kappa shape index (κ2) is 3.55. The van der Waals surface area contributed by atoms with Crippen molar-refractivity contribution < 1.29 is 8.42 Å². The highest BCUT2D eigenvalue weighted by atomic mass is 35.7. The van der Waals surface area contributed by atoms with E-state index in [0.717, 1.165) is 4.31 Å². The first kappa shape index (κ1) is 10.2. The first-order valence-electron chi connectivity index (χ1n) is 3.00. The summed E-state index contributed by atoms with van der Waals surface area (Å²) in [5, 5.41) is 0. The number of halogens is 1. The van der Waals surface area contributed by atoms with Crippen LogP contribution in [-0.2, 0) is 9.24 Å². The van der Waals surface area contributed by atoms with Gasteiger partial charge in [-0.25, -0.2) is 0 Å². The molecular formula is C5H12ClNO2S. The molecule has 62 valence electrons. The van der Waals surface area contributed by atoms with Crippen LogP contribution in [-0.4, -0.2) is 26.3 Å². The third-order valence-corrected chi connectivity index (χ3v) is 2.59. The van der Waals surface area contributed by atoms with Crippen LogP contribution in [0, 0.1) is 5.92 Å². The SMILES string of the molecule is CC(C)CN(C)S(=O)(=O)Cl. The van der Waals surface area contributed by atoms with Crippen molar-refractivity contribution in [3.8, 4) is 0 Å². The first-order valence-corrected chi connectivity index (χ1v) is 5.26. The minimum Gasteiger partial charge on any atom is -0.195 e. The lowest BCUT2D eigenvalue weighted by molar-refractivity contribution is 0.426. The molecule has 0 aromatic rings. The van der Waals surface area contributed by atoms with E-state index in [0.29, 0.717) is 12.5 Å². The summed E-state index contributed by atoms with van der Waals surface area (Å²) in [6, 6.07) is 0. The normalized spacial score (nSPS) is 13.0. The van der Waals surface area contributed by atoms with E-state index >= 15 is 0 Å². The molecule has 0 radical (unpaired) electrons. The molecule has 5 heteroatoms. The van der Waals surface area contributed by atoms with E-state index < -0.39 is 9.24 Å². The van der Waals surface area contributed by atoms with Gasteiger partial charge in [0, 0.05) is 24.3 Å². The summed E-state index contributed by atoms with van der Waals surface area (Å²) in [5.41, 5.74) is 0. The molecule has 0 rings (SSSR count). The van der Waals surface area contributed by atoms with Gasteiger partial charge in [0.1, 0.15) is 0 Å². The highest BCUT2D eigenvalue weighted by molar-refractivity contribution is 8.11. The van der Waals surface area contributed by atoms with Crippen LogP contribution < -0.4 is 0 Å². The summed E-state index contributed by atoms with van der Waals surface area (Å²) in [6.07, 6.45) is 0. The lowest BCUT2D eigenvalue weighted by Gasteiger charge is -2.13. The third-order valence-electron chi connectivity index (χ3n) is 0.995. The van der Waals surface area contributed by atoms with Crippen LogP contribution in [0.15, 0.2) is 0 Å². The van der Waals surface area contributed by atoms with Gasteiger partial charge in [0.15, 0.2) is 0 Å². The van der Waals surface area contributed by atoms with Crippen molar-refractivity contribution in [3.05, 3.63) is 0 Å². The summed E-state index contributed by atoms with van der Waals surface area (Å²) in [7, 11) is 2.99. The summed E-state index contributed by atoms with van der Waals surface area (Å²) < 4.78 is 22.2. The van der Waals surface area contributed by atoms with Gasteiger partial charge in [-0.1, -0.05) is 13.8 Å². The molecule has 0 unspecified atom stereocenters. The average molecular weight is 186 g/mol. The lowest BCUT2D eigenvalue weighted by atomic mass is 10.2. The van der Waals surface area contributed by atoms with Crippen LogP contribution in [0.1, 0.15) is 13.8 Å². The highest BCUT2D eigenvalue weighted by Gasteiger charge is 2.13. The number of hydrogen-bond donors (Lipinski definition) is 0. The quantitative estimate of drug-likeness (QED) is 0.617. The topological polar surface area (TPSA) is 37.4 Å². The van der Waals surface area contributed by atoms with Gasteiger partial charge in [0.25, 0.3) is 9.24 Å². The maximum absolute atomic E-state index is 10.6. The fourth-order valence-electron chi connectivity index (χ4n) is 0.603. The molecule has 0 bridgehead atoms. The Morgan fingerprint density at radius 1 is 1.50 bits per heavy atom. The monoisotopic (exact) mass is 185 g/mol. The van der Waals surface area contributed by atoms with Crippen molar-refractivity contribution in [2.45, 2.75) is 13.8 Å². The Balaban J connectivity index is 3.99. The summed E-state index contributed by atoms with van der Waals surface area (Å²) >= 11 is 0. The Labute approximate surface area is 66.5 Å². The van der Waals surface area contributed by atoms with Crippen LogP contribution in [0.3, 0.4) is 0 Å². The molecule has 0 amide bonds. The van der Waals surface area contributed by atoms with Gasteiger partial charge in [-0.3, -0.25) is 0 Å². The fraction of sp³-hybridized carbons (Fsp3) is 1.00. The maximum Gasteiger partial charge on any atom is 0.299 e. The smallest absolute Gasteiger partial charge is 0.195 e. The average Bonchev–Trinajstić information content (AvgIpc) is 1.60. The Hall–Kier alpha value is 0.200. The molecule has 0 saturated heterocycles. The van der Waals surface area contributed by atoms with E-state index in [1.807, 2.05) is 13.8 Å². The molecule has 0 atom stereocenters. The highest BCUT2D eigenvalue weighted by Crippen LogP contribution is 2.05.